The fourth-order valence-corrected chi connectivity index (χ4v) is 1.21. The first-order chi connectivity index (χ1) is 8.74. The number of hydrogen-bond donors (Lipinski definition) is 3. The first-order valence-corrected chi connectivity index (χ1v) is 5.21. The van der Waals surface area contributed by atoms with Crippen molar-refractivity contribution < 1.29 is 27.1 Å². The zero-order valence-electron chi connectivity index (χ0n) is 9.80. The van der Waals surface area contributed by atoms with Crippen molar-refractivity contribution in [2.45, 2.75) is 18.7 Å². The van der Waals surface area contributed by atoms with Gasteiger partial charge in [0.05, 0.1) is 5.56 Å². The molecule has 1 aromatic heterocycles. The van der Waals surface area contributed by atoms with E-state index in [1.165, 1.54) is 7.05 Å². The van der Waals surface area contributed by atoms with Crippen molar-refractivity contribution in [1.82, 2.24) is 4.98 Å². The van der Waals surface area contributed by atoms with Crippen LogP contribution in [0.1, 0.15) is 5.56 Å². The molecule has 3 N–H and O–H groups in total. The van der Waals surface area contributed by atoms with Gasteiger partial charge in [-0.2, -0.15) is 13.2 Å². The summed E-state index contributed by atoms with van der Waals surface area (Å²) in [7, 11) is 1.38. The van der Waals surface area contributed by atoms with E-state index in [0.29, 0.717) is 6.07 Å². The summed E-state index contributed by atoms with van der Waals surface area (Å²) in [5.74, 6) is -0.317. The van der Waals surface area contributed by atoms with E-state index in [4.69, 9.17) is 5.11 Å². The third-order valence-electron chi connectivity index (χ3n) is 2.19. The molecule has 1 aromatic rings. The largest absolute Gasteiger partial charge is 0.416 e. The minimum Gasteiger partial charge on any atom is -0.385 e. The van der Waals surface area contributed by atoms with Crippen LogP contribution in [0.4, 0.5) is 33.6 Å². The fourth-order valence-electron chi connectivity index (χ4n) is 1.21. The molecule has 0 saturated carbocycles. The summed E-state index contributed by atoms with van der Waals surface area (Å²) in [5, 5.41) is 13.5. The molecule has 0 fully saturated rings. The Bertz CT molecular complexity index is 424. The van der Waals surface area contributed by atoms with Gasteiger partial charge in [0.1, 0.15) is 17.7 Å². The van der Waals surface area contributed by atoms with Crippen LogP contribution in [0.25, 0.3) is 0 Å². The molecule has 108 valence electrons. The van der Waals surface area contributed by atoms with Gasteiger partial charge in [-0.15, -0.1) is 0 Å². The zero-order chi connectivity index (χ0) is 14.6. The van der Waals surface area contributed by atoms with E-state index in [1.54, 1.807) is 0 Å². The molecule has 19 heavy (non-hydrogen) atoms. The topological polar surface area (TPSA) is 57.2 Å². The van der Waals surface area contributed by atoms with E-state index in [9.17, 15) is 22.0 Å². The molecular weight excluding hydrogens is 273 g/mol. The van der Waals surface area contributed by atoms with Gasteiger partial charge in [-0.3, -0.25) is 0 Å². The van der Waals surface area contributed by atoms with Crippen LogP contribution >= 0.6 is 0 Å². The van der Waals surface area contributed by atoms with Crippen LogP contribution in [0.15, 0.2) is 12.1 Å². The number of alkyl halides is 5. The second-order valence-electron chi connectivity index (χ2n) is 3.66. The lowest BCUT2D eigenvalue weighted by Crippen LogP contribution is -2.27. The van der Waals surface area contributed by atoms with Gasteiger partial charge in [0.2, 0.25) is 0 Å². The maximum Gasteiger partial charge on any atom is 0.416 e. The third-order valence-corrected chi connectivity index (χ3v) is 2.19. The highest BCUT2D eigenvalue weighted by atomic mass is 19.4. The van der Waals surface area contributed by atoms with E-state index >= 15 is 0 Å². The number of nitrogens with one attached hydrogen (secondary N) is 2. The second kappa shape index (κ2) is 6.00. The SMILES string of the molecule is CNc1cc(C(F)(F)F)cc(NCC(O)C(F)F)n1. The Kier molecular flexibility index (Phi) is 4.87. The molecule has 0 aliphatic carbocycles. The number of aliphatic hydroxyl groups excluding tert-OH is 1. The molecule has 0 aliphatic heterocycles. The Hall–Kier alpha value is -1.64. The molecule has 4 nitrogen and oxygen atoms in total. The van der Waals surface area contributed by atoms with Gasteiger partial charge in [0.25, 0.3) is 6.43 Å². The lowest BCUT2D eigenvalue weighted by molar-refractivity contribution is -0.137. The van der Waals surface area contributed by atoms with E-state index in [2.05, 4.69) is 15.6 Å². The van der Waals surface area contributed by atoms with Gasteiger partial charge >= 0.3 is 6.18 Å². The van der Waals surface area contributed by atoms with E-state index in [-0.39, 0.29) is 11.6 Å². The number of halogens is 5. The van der Waals surface area contributed by atoms with Crippen LogP contribution in [0.2, 0.25) is 0 Å². The Morgan fingerprint density at radius 1 is 1.26 bits per heavy atom. The number of anilines is 2. The average molecular weight is 285 g/mol. The highest BCUT2D eigenvalue weighted by molar-refractivity contribution is 5.49. The minimum atomic E-state index is -4.58. The van der Waals surface area contributed by atoms with E-state index in [1.807, 2.05) is 0 Å². The van der Waals surface area contributed by atoms with Crippen molar-refractivity contribution in [3.8, 4) is 0 Å². The van der Waals surface area contributed by atoms with Gasteiger partial charge < -0.3 is 15.7 Å². The predicted molar refractivity (Wildman–Crippen MR) is 59.3 cm³/mol. The van der Waals surface area contributed by atoms with Crippen molar-refractivity contribution in [3.63, 3.8) is 0 Å². The number of pyridine rings is 1. The maximum absolute atomic E-state index is 12.6. The maximum atomic E-state index is 12.6. The van der Waals surface area contributed by atoms with Crippen molar-refractivity contribution in [1.29, 1.82) is 0 Å². The van der Waals surface area contributed by atoms with Crippen LogP contribution < -0.4 is 10.6 Å². The summed E-state index contributed by atoms with van der Waals surface area (Å²) in [6, 6.07) is 1.47. The van der Waals surface area contributed by atoms with Crippen molar-refractivity contribution in [2.24, 2.45) is 0 Å². The Labute approximate surface area is 105 Å². The number of aliphatic hydroxyl groups is 1. The van der Waals surface area contributed by atoms with Crippen molar-refractivity contribution in [3.05, 3.63) is 17.7 Å². The van der Waals surface area contributed by atoms with Crippen LogP contribution in [0.5, 0.6) is 0 Å². The summed E-state index contributed by atoms with van der Waals surface area (Å²) in [6.07, 6.45) is -9.54. The molecule has 0 aliphatic rings. The summed E-state index contributed by atoms with van der Waals surface area (Å²) in [6.45, 7) is -0.602. The lowest BCUT2D eigenvalue weighted by atomic mass is 10.2. The van der Waals surface area contributed by atoms with Crippen molar-refractivity contribution in [2.75, 3.05) is 24.2 Å². The van der Waals surface area contributed by atoms with Gasteiger partial charge in [0, 0.05) is 13.6 Å². The number of aromatic nitrogens is 1. The Morgan fingerprint density at radius 2 is 1.84 bits per heavy atom. The summed E-state index contributed by atoms with van der Waals surface area (Å²) in [4.78, 5) is 3.72. The molecule has 0 aromatic carbocycles. The summed E-state index contributed by atoms with van der Waals surface area (Å²) >= 11 is 0. The molecular formula is C10H12F5N3O. The number of rotatable bonds is 5. The van der Waals surface area contributed by atoms with Crippen LogP contribution in [0, 0.1) is 0 Å². The fraction of sp³-hybridized carbons (Fsp3) is 0.500. The van der Waals surface area contributed by atoms with E-state index < -0.39 is 30.8 Å². The van der Waals surface area contributed by atoms with Crippen LogP contribution in [-0.4, -0.2) is 36.2 Å². The second-order valence-corrected chi connectivity index (χ2v) is 3.66. The van der Waals surface area contributed by atoms with Crippen molar-refractivity contribution >= 4 is 11.6 Å². The predicted octanol–water partition coefficient (Wildman–Crippen LogP) is 2.18. The molecule has 1 atom stereocenters. The standard InChI is InChI=1S/C10H12F5N3O/c1-16-7-2-5(10(13,14)15)3-8(18-7)17-4-6(19)9(11)12/h2-3,6,9,19H,4H2,1H3,(H2,16,17,18). The van der Waals surface area contributed by atoms with E-state index in [0.717, 1.165) is 6.07 Å². The third kappa shape index (κ3) is 4.51. The summed E-state index contributed by atoms with van der Waals surface area (Å²) < 4.78 is 61.8. The molecule has 0 bridgehead atoms. The number of hydrogen-bond acceptors (Lipinski definition) is 4. The first kappa shape index (κ1) is 15.4. The normalized spacial score (nSPS) is 13.5. The highest BCUT2D eigenvalue weighted by Crippen LogP contribution is 2.31. The average Bonchev–Trinajstić information content (AvgIpc) is 2.34. The van der Waals surface area contributed by atoms with Crippen LogP contribution in [-0.2, 0) is 6.18 Å². The first-order valence-electron chi connectivity index (χ1n) is 5.21. The molecule has 9 heteroatoms. The van der Waals surface area contributed by atoms with Gasteiger partial charge in [-0.05, 0) is 12.1 Å². The summed E-state index contributed by atoms with van der Waals surface area (Å²) in [5.41, 5.74) is -0.971. The van der Waals surface area contributed by atoms with Crippen LogP contribution in [0.3, 0.4) is 0 Å². The Balaban J connectivity index is 2.89. The van der Waals surface area contributed by atoms with Gasteiger partial charge in [-0.25, -0.2) is 13.8 Å². The molecule has 1 heterocycles. The number of nitrogens with zero attached hydrogens (tertiary/aromatic N) is 1. The molecule has 1 unspecified atom stereocenters. The monoisotopic (exact) mass is 285 g/mol. The smallest absolute Gasteiger partial charge is 0.385 e. The molecule has 0 amide bonds. The molecule has 1 rings (SSSR count). The lowest BCUT2D eigenvalue weighted by Gasteiger charge is -2.14. The molecule has 0 spiro atoms. The van der Waals surface area contributed by atoms with Gasteiger partial charge in [-0.1, -0.05) is 0 Å². The quantitative estimate of drug-likeness (QED) is 0.726. The minimum absolute atomic E-state index is 0.0659. The highest BCUT2D eigenvalue weighted by Gasteiger charge is 2.31. The zero-order valence-corrected chi connectivity index (χ0v) is 9.80. The van der Waals surface area contributed by atoms with Gasteiger partial charge in [0.15, 0.2) is 0 Å². The molecule has 0 saturated heterocycles. The molecule has 0 radical (unpaired) electrons. The Morgan fingerprint density at radius 3 is 2.32 bits per heavy atom.